The average molecular weight is 242 g/mol. The van der Waals surface area contributed by atoms with Crippen molar-refractivity contribution in [2.24, 2.45) is 12.0 Å². The highest BCUT2D eigenvalue weighted by molar-refractivity contribution is 5.96. The Morgan fingerprint density at radius 1 is 1.33 bits per heavy atom. The molecule has 0 amide bonds. The minimum atomic E-state index is 0.654. The van der Waals surface area contributed by atoms with Crippen LogP contribution >= 0.6 is 0 Å². The first-order chi connectivity index (χ1) is 8.75. The molecule has 1 aliphatic heterocycles. The number of nitrogens with two attached hydrogens (primary N) is 1. The largest absolute Gasteiger partial charge is 0.476 e. The van der Waals surface area contributed by atoms with Crippen LogP contribution in [0, 0.1) is 0 Å². The maximum absolute atomic E-state index is 5.98. The number of aromatic nitrogens is 2. The van der Waals surface area contributed by atoms with Gasteiger partial charge in [-0.3, -0.25) is 4.68 Å². The molecule has 0 spiro atoms. The van der Waals surface area contributed by atoms with Crippen molar-refractivity contribution in [2.45, 2.75) is 0 Å². The van der Waals surface area contributed by atoms with Gasteiger partial charge < -0.3 is 10.5 Å². The van der Waals surface area contributed by atoms with Crippen molar-refractivity contribution < 1.29 is 4.74 Å². The molecule has 0 atom stereocenters. The molecule has 1 aromatic carbocycles. The number of aliphatic imine (C=N–C) groups is 1. The van der Waals surface area contributed by atoms with Gasteiger partial charge in [0.2, 0.25) is 5.90 Å². The molecule has 0 bridgehead atoms. The van der Waals surface area contributed by atoms with Crippen LogP contribution in [0.25, 0.3) is 11.1 Å². The topological polar surface area (TPSA) is 65.4 Å². The number of nitrogens with zero attached hydrogens (tertiary/aromatic N) is 3. The molecule has 0 saturated heterocycles. The summed E-state index contributed by atoms with van der Waals surface area (Å²) in [5.41, 5.74) is 8.91. The van der Waals surface area contributed by atoms with Crippen LogP contribution in [0.3, 0.4) is 0 Å². The van der Waals surface area contributed by atoms with Crippen LogP contribution in [0.5, 0.6) is 0 Å². The van der Waals surface area contributed by atoms with E-state index in [0.717, 1.165) is 23.2 Å². The molecule has 3 rings (SSSR count). The Hall–Kier alpha value is -2.30. The molecule has 2 aromatic rings. The van der Waals surface area contributed by atoms with Gasteiger partial charge in [0.15, 0.2) is 0 Å². The molecule has 0 fully saturated rings. The van der Waals surface area contributed by atoms with E-state index < -0.39 is 0 Å². The van der Waals surface area contributed by atoms with Crippen LogP contribution in [-0.2, 0) is 11.8 Å². The van der Waals surface area contributed by atoms with E-state index in [1.165, 1.54) is 0 Å². The number of hydrogen-bond acceptors (Lipinski definition) is 4. The Kier molecular flexibility index (Phi) is 2.51. The SMILES string of the molecule is Cn1ncc(-c2cccc(C3=NCCO3)c2)c1N. The van der Waals surface area contributed by atoms with E-state index >= 15 is 0 Å². The zero-order chi connectivity index (χ0) is 12.5. The molecule has 5 heteroatoms. The normalized spacial score (nSPS) is 14.4. The minimum absolute atomic E-state index is 0.654. The Balaban J connectivity index is 2.03. The molecule has 0 aliphatic carbocycles. The summed E-state index contributed by atoms with van der Waals surface area (Å²) in [7, 11) is 1.83. The fraction of sp³-hybridized carbons (Fsp3) is 0.231. The van der Waals surface area contributed by atoms with E-state index in [4.69, 9.17) is 10.5 Å². The highest BCUT2D eigenvalue weighted by Gasteiger charge is 2.13. The third-order valence-corrected chi connectivity index (χ3v) is 2.99. The number of anilines is 1. The summed E-state index contributed by atoms with van der Waals surface area (Å²) in [5, 5.41) is 4.15. The van der Waals surface area contributed by atoms with Crippen molar-refractivity contribution in [1.29, 1.82) is 0 Å². The first kappa shape index (κ1) is 10.8. The summed E-state index contributed by atoms with van der Waals surface area (Å²) in [4.78, 5) is 4.31. The molecule has 0 radical (unpaired) electrons. The predicted octanol–water partition coefficient (Wildman–Crippen LogP) is 1.45. The lowest BCUT2D eigenvalue weighted by Gasteiger charge is -2.05. The molecule has 92 valence electrons. The Bertz CT molecular complexity index is 615. The van der Waals surface area contributed by atoms with Gasteiger partial charge in [0.25, 0.3) is 0 Å². The van der Waals surface area contributed by atoms with Crippen molar-refractivity contribution >= 4 is 11.7 Å². The van der Waals surface area contributed by atoms with Crippen LogP contribution < -0.4 is 5.73 Å². The summed E-state index contributed by atoms with van der Waals surface area (Å²) in [6.45, 7) is 1.39. The number of hydrogen-bond donors (Lipinski definition) is 1. The quantitative estimate of drug-likeness (QED) is 0.866. The zero-order valence-corrected chi connectivity index (χ0v) is 10.1. The van der Waals surface area contributed by atoms with Crippen LogP contribution in [0.15, 0.2) is 35.5 Å². The van der Waals surface area contributed by atoms with Gasteiger partial charge in [0, 0.05) is 18.2 Å². The maximum Gasteiger partial charge on any atom is 0.216 e. The van der Waals surface area contributed by atoms with E-state index in [9.17, 15) is 0 Å². The Labute approximate surface area is 105 Å². The first-order valence-electron chi connectivity index (χ1n) is 5.81. The van der Waals surface area contributed by atoms with E-state index in [2.05, 4.69) is 10.1 Å². The number of benzene rings is 1. The second kappa shape index (κ2) is 4.18. The Morgan fingerprint density at radius 2 is 2.17 bits per heavy atom. The van der Waals surface area contributed by atoms with Crippen LogP contribution in [0.1, 0.15) is 5.56 Å². The van der Waals surface area contributed by atoms with E-state index in [-0.39, 0.29) is 0 Å². The standard InChI is InChI=1S/C13H14N4O/c1-17-12(14)11(8-16-17)9-3-2-4-10(7-9)13-15-5-6-18-13/h2-4,7-8H,5-6,14H2,1H3. The van der Waals surface area contributed by atoms with Crippen molar-refractivity contribution in [1.82, 2.24) is 9.78 Å². The molecule has 5 nitrogen and oxygen atoms in total. The van der Waals surface area contributed by atoms with Crippen molar-refractivity contribution in [3.8, 4) is 11.1 Å². The maximum atomic E-state index is 5.98. The molecule has 1 aromatic heterocycles. The third-order valence-electron chi connectivity index (χ3n) is 2.99. The van der Waals surface area contributed by atoms with Gasteiger partial charge >= 0.3 is 0 Å². The lowest BCUT2D eigenvalue weighted by Crippen LogP contribution is -2.01. The molecule has 0 saturated carbocycles. The minimum Gasteiger partial charge on any atom is -0.476 e. The van der Waals surface area contributed by atoms with E-state index in [0.29, 0.717) is 18.3 Å². The van der Waals surface area contributed by atoms with Crippen molar-refractivity contribution in [3.05, 3.63) is 36.0 Å². The summed E-state index contributed by atoms with van der Waals surface area (Å²) in [6, 6.07) is 7.99. The van der Waals surface area contributed by atoms with Gasteiger partial charge in [-0.25, -0.2) is 4.99 Å². The van der Waals surface area contributed by atoms with Gasteiger partial charge in [-0.05, 0) is 17.7 Å². The molecular formula is C13H14N4O. The van der Waals surface area contributed by atoms with Gasteiger partial charge in [0.05, 0.1) is 12.7 Å². The number of ether oxygens (including phenoxy) is 1. The van der Waals surface area contributed by atoms with E-state index in [1.807, 2.05) is 31.3 Å². The zero-order valence-electron chi connectivity index (χ0n) is 10.1. The average Bonchev–Trinajstić information content (AvgIpc) is 3.02. The fourth-order valence-corrected chi connectivity index (χ4v) is 2.00. The van der Waals surface area contributed by atoms with Crippen LogP contribution in [0.2, 0.25) is 0 Å². The molecule has 1 aliphatic rings. The highest BCUT2D eigenvalue weighted by Crippen LogP contribution is 2.26. The third kappa shape index (κ3) is 1.73. The summed E-state index contributed by atoms with van der Waals surface area (Å²) >= 11 is 0. The Morgan fingerprint density at radius 3 is 2.83 bits per heavy atom. The smallest absolute Gasteiger partial charge is 0.216 e. The number of rotatable bonds is 2. The molecule has 0 unspecified atom stereocenters. The second-order valence-corrected chi connectivity index (χ2v) is 4.18. The highest BCUT2D eigenvalue weighted by atomic mass is 16.5. The molecule has 2 heterocycles. The molecule has 2 N–H and O–H groups in total. The van der Waals surface area contributed by atoms with Crippen LogP contribution in [0.4, 0.5) is 5.82 Å². The lowest BCUT2D eigenvalue weighted by molar-refractivity contribution is 0.348. The first-order valence-corrected chi connectivity index (χ1v) is 5.81. The van der Waals surface area contributed by atoms with Crippen LogP contribution in [-0.4, -0.2) is 28.8 Å². The monoisotopic (exact) mass is 242 g/mol. The lowest BCUT2D eigenvalue weighted by atomic mass is 10.1. The predicted molar refractivity (Wildman–Crippen MR) is 70.4 cm³/mol. The van der Waals surface area contributed by atoms with Gasteiger partial charge in [0.1, 0.15) is 12.4 Å². The van der Waals surface area contributed by atoms with Gasteiger partial charge in [-0.1, -0.05) is 12.1 Å². The number of nitrogen functional groups attached to an aromatic ring is 1. The molecule has 18 heavy (non-hydrogen) atoms. The van der Waals surface area contributed by atoms with Crippen molar-refractivity contribution in [2.75, 3.05) is 18.9 Å². The summed E-state index contributed by atoms with van der Waals surface area (Å²) in [5.74, 6) is 1.36. The molecular weight excluding hydrogens is 228 g/mol. The van der Waals surface area contributed by atoms with Gasteiger partial charge in [-0.15, -0.1) is 0 Å². The van der Waals surface area contributed by atoms with Gasteiger partial charge in [-0.2, -0.15) is 5.10 Å². The fourth-order valence-electron chi connectivity index (χ4n) is 2.00. The second-order valence-electron chi connectivity index (χ2n) is 4.18. The summed E-state index contributed by atoms with van der Waals surface area (Å²) in [6.07, 6.45) is 1.77. The number of aryl methyl sites for hydroxylation is 1. The van der Waals surface area contributed by atoms with E-state index in [1.54, 1.807) is 10.9 Å². The summed E-state index contributed by atoms with van der Waals surface area (Å²) < 4.78 is 7.12. The van der Waals surface area contributed by atoms with Crippen molar-refractivity contribution in [3.63, 3.8) is 0 Å².